The summed E-state index contributed by atoms with van der Waals surface area (Å²) in [6.07, 6.45) is -4.11. The minimum absolute atomic E-state index is 0.330. The molecule has 1 aromatic carbocycles. The third-order valence-corrected chi connectivity index (χ3v) is 1.70. The van der Waals surface area contributed by atoms with Gasteiger partial charge in [0.2, 0.25) is 0 Å². The number of nitrogens with two attached hydrogens (primary N) is 1. The lowest BCUT2D eigenvalue weighted by Crippen LogP contribution is -2.32. The molecule has 2 aromatic rings. The van der Waals surface area contributed by atoms with Gasteiger partial charge in [0.1, 0.15) is 8.84 Å². The Hall–Kier alpha value is -1.81. The predicted octanol–water partition coefficient (Wildman–Crippen LogP) is 1.12. The van der Waals surface area contributed by atoms with Gasteiger partial charge in [0, 0.05) is 26.2 Å². The molecule has 0 amide bonds. The highest BCUT2D eigenvalue weighted by molar-refractivity contribution is 5.84. The summed E-state index contributed by atoms with van der Waals surface area (Å²) in [5.74, 6) is -2.17. The zero-order chi connectivity index (χ0) is 19.5. The number of rotatable bonds is 4. The first-order valence-electron chi connectivity index (χ1n) is 8.80. The Balaban J connectivity index is 2.99. The van der Waals surface area contributed by atoms with Crippen LogP contribution < -0.4 is 5.72 Å². The number of fused-ring (bicyclic) bond motifs is 1. The van der Waals surface area contributed by atoms with Gasteiger partial charge in [0.25, 0.3) is 0 Å². The normalized spacial score (nSPS) is 25.7. The van der Waals surface area contributed by atoms with Gasteiger partial charge in [-0.05, 0) is 11.6 Å². The number of aromatic amines is 1. The summed E-state index contributed by atoms with van der Waals surface area (Å²) in [4.78, 5) is 13.7. The number of H-pyrrole nitrogens is 1. The molecule has 0 radical (unpaired) electrons. The number of aliphatic carboxylic acids is 1. The van der Waals surface area contributed by atoms with E-state index in [-0.39, 0.29) is 5.52 Å². The van der Waals surface area contributed by atoms with Crippen molar-refractivity contribution in [3.8, 4) is 0 Å². The summed E-state index contributed by atoms with van der Waals surface area (Å²) in [5, 5.41) is 8.69. The van der Waals surface area contributed by atoms with E-state index in [1.807, 2.05) is 0 Å². The molecule has 0 aliphatic rings. The number of hydrogen-bond acceptors (Lipinski definition) is 2. The lowest BCUT2D eigenvalue weighted by atomic mass is 10.1. The summed E-state index contributed by atoms with van der Waals surface area (Å²) in [7, 11) is 0. The molecule has 0 aliphatic heterocycles. The molecule has 0 aliphatic carbocycles. The molecule has 0 saturated carbocycles. The third-order valence-electron chi connectivity index (χ3n) is 1.70. The van der Waals surface area contributed by atoms with Crippen LogP contribution in [0.3, 0.4) is 0 Å². The monoisotopic (exact) mass is 214 g/mol. The van der Waals surface area contributed by atoms with E-state index in [1.54, 1.807) is 0 Å². The van der Waals surface area contributed by atoms with Crippen molar-refractivity contribution in [3.63, 3.8) is 0 Å². The maximum atomic E-state index is 11.4. The Bertz CT molecular complexity index is 880. The van der Waals surface area contributed by atoms with Crippen molar-refractivity contribution < 1.29 is 23.7 Å². The van der Waals surface area contributed by atoms with Crippen molar-refractivity contribution in [2.45, 2.75) is 12.4 Å². The molecule has 1 heterocycles. The summed E-state index contributed by atoms with van der Waals surface area (Å²) in [5.41, 5.74) is -1.83. The van der Waals surface area contributed by atoms with E-state index < -0.39 is 65.4 Å². The molecule has 0 bridgehead atoms. The Morgan fingerprint density at radius 1 is 1.80 bits per heavy atom. The summed E-state index contributed by atoms with van der Waals surface area (Å²) in [6.45, 7) is 0. The fraction of sp³-hybridized carbons (Fsp3) is 0.182. The van der Waals surface area contributed by atoms with Crippen LogP contribution in [0.5, 0.6) is 0 Å². The van der Waals surface area contributed by atoms with Crippen molar-refractivity contribution in [1.29, 1.82) is 0 Å². The van der Waals surface area contributed by atoms with Gasteiger partial charge < -0.3 is 15.8 Å². The first-order valence-corrected chi connectivity index (χ1v) is 3.90. The van der Waals surface area contributed by atoms with Crippen LogP contribution in [0, 0.1) is 0 Å². The molecule has 0 saturated heterocycles. The first kappa shape index (κ1) is 3.35. The minimum atomic E-state index is -3.49. The van der Waals surface area contributed by atoms with Gasteiger partial charge >= 0.3 is 5.97 Å². The number of nitrogens with one attached hydrogen (secondary N) is 1. The molecular weight excluding hydrogens is 192 g/mol. The van der Waals surface area contributed by atoms with Crippen molar-refractivity contribution in [3.05, 3.63) is 35.9 Å². The van der Waals surface area contributed by atoms with Crippen LogP contribution in [0.15, 0.2) is 30.3 Å². The van der Waals surface area contributed by atoms with Crippen LogP contribution in [0.25, 0.3) is 10.9 Å². The lowest BCUT2D eigenvalue weighted by Gasteiger charge is -2.04. The van der Waals surface area contributed by atoms with Crippen molar-refractivity contribution in [2.75, 3.05) is 0 Å². The Morgan fingerprint density at radius 3 is 3.33 bits per heavy atom. The summed E-state index contributed by atoms with van der Waals surface area (Å²) < 4.78 is 76.9. The largest absolute Gasteiger partial charge is 0.480 e. The maximum Gasteiger partial charge on any atom is 0.320 e. The molecule has 0 spiro atoms. The molecule has 2 rings (SSSR count). The molecule has 1 atom stereocenters. The topological polar surface area (TPSA) is 79.1 Å². The minimum Gasteiger partial charge on any atom is -0.480 e. The van der Waals surface area contributed by atoms with Crippen LogP contribution in [-0.2, 0) is 11.2 Å². The van der Waals surface area contributed by atoms with Crippen molar-refractivity contribution in [2.24, 2.45) is 5.72 Å². The van der Waals surface area contributed by atoms with Gasteiger partial charge in [-0.3, -0.25) is 4.79 Å². The summed E-state index contributed by atoms with van der Waals surface area (Å²) in [6, 6.07) is -6.17. The molecule has 4 N–H and O–H groups in total. The van der Waals surface area contributed by atoms with Gasteiger partial charge in [0.15, 0.2) is 0 Å². The molecular formula is C11H12N2O2. The average molecular weight is 214 g/mol. The third kappa shape index (κ3) is 1.85. The van der Waals surface area contributed by atoms with Gasteiger partial charge in [-0.1, -0.05) is 18.1 Å². The van der Waals surface area contributed by atoms with Gasteiger partial charge in [-0.15, -0.1) is 0 Å². The second-order valence-corrected chi connectivity index (χ2v) is 2.65. The van der Waals surface area contributed by atoms with Crippen LogP contribution in [0.4, 0.5) is 0 Å². The molecule has 15 heavy (non-hydrogen) atoms. The second-order valence-electron chi connectivity index (χ2n) is 2.65. The van der Waals surface area contributed by atoms with Crippen molar-refractivity contribution >= 4 is 16.9 Å². The van der Waals surface area contributed by atoms with Crippen LogP contribution in [0.2, 0.25) is 2.82 Å². The smallest absolute Gasteiger partial charge is 0.320 e. The fourth-order valence-corrected chi connectivity index (χ4v) is 1.05. The van der Waals surface area contributed by atoms with Crippen LogP contribution in [0.1, 0.15) is 16.5 Å². The van der Waals surface area contributed by atoms with Gasteiger partial charge in [-0.25, -0.2) is 0 Å². The first-order chi connectivity index (χ1) is 11.3. The standard InChI is InChI=1S/C11H12N2O2/c12-9(11(14)15)5-7-6-13-10-4-2-1-3-8(7)10/h1-4,6,9,13H,5,12H2,(H,14,15)/t9-/m0/s1/i1D,2D,3D,4D,5D2,6D,9D/hD2. The maximum absolute atomic E-state index is 11.4. The number of carboxylic acids is 1. The zero-order valence-electron chi connectivity index (χ0n) is 17.3. The van der Waals surface area contributed by atoms with Crippen molar-refractivity contribution in [1.82, 2.24) is 4.98 Å². The van der Waals surface area contributed by atoms with E-state index in [0.29, 0.717) is 0 Å². The Kier molecular flexibility index (Phi) is 0.836. The molecule has 78 valence electrons. The average Bonchev–Trinajstić information content (AvgIpc) is 2.87. The number of carbonyl (C=O) groups is 1. The highest BCUT2D eigenvalue weighted by atomic mass is 16.4. The molecule has 4 heteroatoms. The summed E-state index contributed by atoms with van der Waals surface area (Å²) >= 11 is 0. The number of aromatic nitrogens is 1. The SMILES string of the molecule is [2H]c1[nH]c2c([2H])c([2H])c([2H])c([2H])c2c1C([2H])([2H])[C@@]([2H])(C(=O)O)N([2H])[2H]. The number of para-hydroxylation sites is 1. The molecule has 0 fully saturated rings. The molecule has 0 unspecified atom stereocenters. The molecule has 4 nitrogen and oxygen atoms in total. The Morgan fingerprint density at radius 2 is 2.60 bits per heavy atom. The molecule has 1 aromatic heterocycles. The predicted molar refractivity (Wildman–Crippen MR) is 57.6 cm³/mol. The highest BCUT2D eigenvalue weighted by Gasteiger charge is 2.14. The number of hydrogen-bond donors (Lipinski definition) is 3. The van der Waals surface area contributed by atoms with E-state index in [2.05, 4.69) is 4.98 Å². The zero-order valence-corrected chi connectivity index (χ0v) is 7.30. The van der Waals surface area contributed by atoms with Gasteiger partial charge in [-0.2, -0.15) is 0 Å². The number of carboxylic acid groups (broad SMARTS) is 1. The van der Waals surface area contributed by atoms with E-state index in [4.69, 9.17) is 13.8 Å². The fourth-order valence-electron chi connectivity index (χ4n) is 1.05. The quantitative estimate of drug-likeness (QED) is 0.713. The Labute approximate surface area is 101 Å². The van der Waals surface area contributed by atoms with Crippen LogP contribution in [-0.4, -0.2) is 22.1 Å². The second kappa shape index (κ2) is 3.74. The number of benzene rings is 1. The van der Waals surface area contributed by atoms with E-state index >= 15 is 0 Å². The van der Waals surface area contributed by atoms with E-state index in [1.165, 1.54) is 0 Å². The van der Waals surface area contributed by atoms with E-state index in [0.717, 1.165) is 0 Å². The lowest BCUT2D eigenvalue weighted by molar-refractivity contribution is -0.138. The highest BCUT2D eigenvalue weighted by Crippen LogP contribution is 2.18. The van der Waals surface area contributed by atoms with E-state index in [9.17, 15) is 9.90 Å². The van der Waals surface area contributed by atoms with Gasteiger partial charge in [0.05, 0.1) is 8.22 Å². The van der Waals surface area contributed by atoms with Crippen LogP contribution >= 0.6 is 0 Å².